The maximum atomic E-state index is 11.9. The second kappa shape index (κ2) is 4.94. The van der Waals surface area contributed by atoms with Gasteiger partial charge in [-0.3, -0.25) is 0 Å². The number of nitrogens with one attached hydrogen (secondary N) is 1. The summed E-state index contributed by atoms with van der Waals surface area (Å²) in [5, 5.41) is 12.8. The number of hydrogen-bond acceptors (Lipinski definition) is 2. The lowest BCUT2D eigenvalue weighted by Gasteiger charge is -2.17. The predicted octanol–water partition coefficient (Wildman–Crippen LogP) is 2.25. The highest BCUT2D eigenvalue weighted by Gasteiger charge is 2.24. The predicted molar refractivity (Wildman–Crippen MR) is 67.4 cm³/mol. The number of amides is 2. The van der Waals surface area contributed by atoms with Gasteiger partial charge in [0.15, 0.2) is 0 Å². The van der Waals surface area contributed by atoms with Gasteiger partial charge < -0.3 is 15.3 Å². The first kappa shape index (κ1) is 12.2. The molecular weight excluding hydrogens is 240 g/mol. The van der Waals surface area contributed by atoms with Crippen LogP contribution in [0.25, 0.3) is 0 Å². The van der Waals surface area contributed by atoms with Crippen molar-refractivity contribution in [3.63, 3.8) is 0 Å². The van der Waals surface area contributed by atoms with Crippen molar-refractivity contribution in [2.75, 3.05) is 18.4 Å². The SMILES string of the molecule is Cc1cc(Cl)ccc1NC(=O)N1CC[C@@H](O)C1. The molecule has 17 heavy (non-hydrogen) atoms. The van der Waals surface area contributed by atoms with E-state index in [0.29, 0.717) is 24.5 Å². The minimum Gasteiger partial charge on any atom is -0.391 e. The smallest absolute Gasteiger partial charge is 0.321 e. The first-order valence-corrected chi connectivity index (χ1v) is 5.94. The Morgan fingerprint density at radius 2 is 2.35 bits per heavy atom. The average molecular weight is 255 g/mol. The highest BCUT2D eigenvalue weighted by molar-refractivity contribution is 6.30. The Bertz CT molecular complexity index is 437. The lowest BCUT2D eigenvalue weighted by atomic mass is 10.2. The number of aryl methyl sites for hydroxylation is 1. The fourth-order valence-electron chi connectivity index (χ4n) is 1.89. The fourth-order valence-corrected chi connectivity index (χ4v) is 2.11. The van der Waals surface area contributed by atoms with Crippen LogP contribution in [-0.4, -0.2) is 35.2 Å². The number of likely N-dealkylation sites (tertiary alicyclic amines) is 1. The molecule has 2 rings (SSSR count). The molecule has 1 atom stereocenters. The van der Waals surface area contributed by atoms with E-state index in [4.69, 9.17) is 11.6 Å². The Labute approximate surface area is 105 Å². The zero-order valence-electron chi connectivity index (χ0n) is 9.61. The summed E-state index contributed by atoms with van der Waals surface area (Å²) in [6, 6.07) is 5.15. The number of urea groups is 1. The molecule has 1 aliphatic rings. The van der Waals surface area contributed by atoms with E-state index in [1.54, 1.807) is 23.1 Å². The summed E-state index contributed by atoms with van der Waals surface area (Å²) in [7, 11) is 0. The molecule has 1 aliphatic heterocycles. The number of rotatable bonds is 1. The number of benzene rings is 1. The third-order valence-corrected chi connectivity index (χ3v) is 3.12. The molecule has 1 saturated heterocycles. The standard InChI is InChI=1S/C12H15ClN2O2/c1-8-6-9(13)2-3-11(8)14-12(17)15-5-4-10(16)7-15/h2-3,6,10,16H,4-5,7H2,1H3,(H,14,17)/t10-/m1/s1. The lowest BCUT2D eigenvalue weighted by Crippen LogP contribution is -2.33. The molecule has 2 N–H and O–H groups in total. The first-order valence-electron chi connectivity index (χ1n) is 5.56. The van der Waals surface area contributed by atoms with Crippen LogP contribution in [0.15, 0.2) is 18.2 Å². The van der Waals surface area contributed by atoms with Crippen LogP contribution in [0.1, 0.15) is 12.0 Å². The number of carbonyl (C=O) groups excluding carboxylic acids is 1. The zero-order chi connectivity index (χ0) is 12.4. The van der Waals surface area contributed by atoms with Gasteiger partial charge in [-0.05, 0) is 37.1 Å². The van der Waals surface area contributed by atoms with Crippen molar-refractivity contribution in [1.82, 2.24) is 4.90 Å². The number of β-amino-alcohol motifs (C(OH)–C–C–N with tert-alkyl or cyclic N) is 1. The molecular formula is C12H15ClN2O2. The molecule has 92 valence electrons. The molecule has 1 aromatic rings. The van der Waals surface area contributed by atoms with E-state index >= 15 is 0 Å². The Morgan fingerprint density at radius 3 is 2.94 bits per heavy atom. The van der Waals surface area contributed by atoms with Gasteiger partial charge in [0.05, 0.1) is 6.10 Å². The summed E-state index contributed by atoms with van der Waals surface area (Å²) in [6.07, 6.45) is 0.250. The van der Waals surface area contributed by atoms with Crippen LogP contribution in [0.2, 0.25) is 5.02 Å². The molecule has 5 heteroatoms. The van der Waals surface area contributed by atoms with Crippen molar-refractivity contribution in [3.05, 3.63) is 28.8 Å². The monoisotopic (exact) mass is 254 g/mol. The summed E-state index contributed by atoms with van der Waals surface area (Å²) in [4.78, 5) is 13.5. The van der Waals surface area contributed by atoms with Crippen molar-refractivity contribution in [2.24, 2.45) is 0 Å². The normalized spacial score (nSPS) is 19.5. The van der Waals surface area contributed by atoms with Crippen LogP contribution < -0.4 is 5.32 Å². The van der Waals surface area contributed by atoms with E-state index in [-0.39, 0.29) is 6.03 Å². The molecule has 0 saturated carbocycles. The summed E-state index contributed by atoms with van der Waals surface area (Å²) >= 11 is 5.84. The van der Waals surface area contributed by atoms with Crippen LogP contribution in [0.3, 0.4) is 0 Å². The number of nitrogens with zero attached hydrogens (tertiary/aromatic N) is 1. The van der Waals surface area contributed by atoms with E-state index in [0.717, 1.165) is 11.3 Å². The van der Waals surface area contributed by atoms with Gasteiger partial charge >= 0.3 is 6.03 Å². The van der Waals surface area contributed by atoms with Crippen LogP contribution in [0.5, 0.6) is 0 Å². The van der Waals surface area contributed by atoms with Gasteiger partial charge in [0.1, 0.15) is 0 Å². The summed E-state index contributed by atoms with van der Waals surface area (Å²) < 4.78 is 0. The highest BCUT2D eigenvalue weighted by Crippen LogP contribution is 2.20. The maximum Gasteiger partial charge on any atom is 0.321 e. The van der Waals surface area contributed by atoms with E-state index < -0.39 is 6.10 Å². The van der Waals surface area contributed by atoms with Crippen molar-refractivity contribution in [3.8, 4) is 0 Å². The third-order valence-electron chi connectivity index (χ3n) is 2.88. The summed E-state index contributed by atoms with van der Waals surface area (Å²) in [6.45, 7) is 2.89. The largest absolute Gasteiger partial charge is 0.391 e. The molecule has 4 nitrogen and oxygen atoms in total. The van der Waals surface area contributed by atoms with Crippen LogP contribution in [-0.2, 0) is 0 Å². The van der Waals surface area contributed by atoms with Gasteiger partial charge in [0.2, 0.25) is 0 Å². The van der Waals surface area contributed by atoms with Crippen LogP contribution in [0, 0.1) is 6.92 Å². The van der Waals surface area contributed by atoms with Gasteiger partial charge in [0, 0.05) is 23.8 Å². The Morgan fingerprint density at radius 1 is 1.59 bits per heavy atom. The average Bonchev–Trinajstić information content (AvgIpc) is 2.69. The van der Waals surface area contributed by atoms with Gasteiger partial charge in [-0.1, -0.05) is 11.6 Å². The topological polar surface area (TPSA) is 52.6 Å². The number of carbonyl (C=O) groups is 1. The van der Waals surface area contributed by atoms with Crippen LogP contribution in [0.4, 0.5) is 10.5 Å². The van der Waals surface area contributed by atoms with E-state index in [2.05, 4.69) is 5.32 Å². The second-order valence-corrected chi connectivity index (χ2v) is 4.71. The van der Waals surface area contributed by atoms with Gasteiger partial charge in [0.25, 0.3) is 0 Å². The molecule has 0 radical (unpaired) electrons. The quantitative estimate of drug-likeness (QED) is 0.808. The molecule has 1 aromatic carbocycles. The minimum absolute atomic E-state index is 0.174. The number of anilines is 1. The van der Waals surface area contributed by atoms with Crippen molar-refractivity contribution >= 4 is 23.3 Å². The van der Waals surface area contributed by atoms with Gasteiger partial charge in [-0.2, -0.15) is 0 Å². The van der Waals surface area contributed by atoms with Crippen molar-refractivity contribution in [1.29, 1.82) is 0 Å². The lowest BCUT2D eigenvalue weighted by molar-refractivity contribution is 0.176. The molecule has 0 spiro atoms. The molecule has 1 heterocycles. The number of aliphatic hydroxyl groups excluding tert-OH is 1. The zero-order valence-corrected chi connectivity index (χ0v) is 10.4. The first-order chi connectivity index (χ1) is 8.06. The second-order valence-electron chi connectivity index (χ2n) is 4.28. The fraction of sp³-hybridized carbons (Fsp3) is 0.417. The minimum atomic E-state index is -0.396. The highest BCUT2D eigenvalue weighted by atomic mass is 35.5. The molecule has 0 unspecified atom stereocenters. The van der Waals surface area contributed by atoms with Crippen LogP contribution >= 0.6 is 11.6 Å². The molecule has 0 bridgehead atoms. The van der Waals surface area contributed by atoms with Crippen molar-refractivity contribution < 1.29 is 9.90 Å². The summed E-state index contributed by atoms with van der Waals surface area (Å²) in [5.74, 6) is 0. The Hall–Kier alpha value is -1.26. The van der Waals surface area contributed by atoms with E-state index in [9.17, 15) is 9.90 Å². The maximum absolute atomic E-state index is 11.9. The third kappa shape index (κ3) is 2.90. The molecule has 1 fully saturated rings. The van der Waals surface area contributed by atoms with Gasteiger partial charge in [-0.15, -0.1) is 0 Å². The molecule has 2 amide bonds. The number of halogens is 1. The summed E-state index contributed by atoms with van der Waals surface area (Å²) in [5.41, 5.74) is 1.67. The van der Waals surface area contributed by atoms with E-state index in [1.807, 2.05) is 6.92 Å². The molecule has 0 aromatic heterocycles. The van der Waals surface area contributed by atoms with Gasteiger partial charge in [-0.25, -0.2) is 4.79 Å². The number of aliphatic hydroxyl groups is 1. The number of hydrogen-bond donors (Lipinski definition) is 2. The molecule has 0 aliphatic carbocycles. The van der Waals surface area contributed by atoms with Crippen molar-refractivity contribution in [2.45, 2.75) is 19.4 Å². The Kier molecular flexibility index (Phi) is 3.54. The van der Waals surface area contributed by atoms with E-state index in [1.165, 1.54) is 0 Å². The Balaban J connectivity index is 2.03.